The van der Waals surface area contributed by atoms with Gasteiger partial charge < -0.3 is 14.7 Å². The van der Waals surface area contributed by atoms with Crippen LogP contribution in [0.1, 0.15) is 25.3 Å². The maximum Gasteiger partial charge on any atom is 0.223 e. The van der Waals surface area contributed by atoms with E-state index in [0.29, 0.717) is 39.0 Å². The standard InChI is InChI=1S/C20H23NO4/c1-14(22)12-17-13-25-11-10-21(17)19(23)9-8-16-7-6-15-4-2-3-5-18(15)20(16)24/h2-7,17,24H,8-13H2,1H3. The number of Topliss-reactive ketones (excluding diaryl/α,β-unsaturated/α-hetero) is 1. The van der Waals surface area contributed by atoms with E-state index in [2.05, 4.69) is 0 Å². The van der Waals surface area contributed by atoms with Crippen molar-refractivity contribution in [2.45, 2.75) is 32.2 Å². The summed E-state index contributed by atoms with van der Waals surface area (Å²) in [6.45, 7) is 2.96. The van der Waals surface area contributed by atoms with Crippen molar-refractivity contribution in [2.75, 3.05) is 19.8 Å². The first-order chi connectivity index (χ1) is 12.1. The highest BCUT2D eigenvalue weighted by molar-refractivity contribution is 5.89. The third-order valence-corrected chi connectivity index (χ3v) is 4.66. The number of ketones is 1. The lowest BCUT2D eigenvalue weighted by molar-refractivity contribution is -0.141. The van der Waals surface area contributed by atoms with E-state index in [1.54, 1.807) is 4.90 Å². The van der Waals surface area contributed by atoms with Crippen molar-refractivity contribution in [1.29, 1.82) is 0 Å². The summed E-state index contributed by atoms with van der Waals surface area (Å²) < 4.78 is 5.41. The Morgan fingerprint density at radius 1 is 1.24 bits per heavy atom. The van der Waals surface area contributed by atoms with Gasteiger partial charge >= 0.3 is 0 Å². The second-order valence-corrected chi connectivity index (χ2v) is 6.52. The van der Waals surface area contributed by atoms with E-state index in [1.165, 1.54) is 6.92 Å². The normalized spacial score (nSPS) is 17.6. The van der Waals surface area contributed by atoms with Gasteiger partial charge in [0.05, 0.1) is 19.3 Å². The first-order valence-corrected chi connectivity index (χ1v) is 8.62. The zero-order valence-corrected chi connectivity index (χ0v) is 14.4. The van der Waals surface area contributed by atoms with Gasteiger partial charge in [0.25, 0.3) is 0 Å². The zero-order chi connectivity index (χ0) is 17.8. The lowest BCUT2D eigenvalue weighted by Crippen LogP contribution is -2.49. The van der Waals surface area contributed by atoms with Crippen LogP contribution in [0.15, 0.2) is 36.4 Å². The molecule has 0 saturated carbocycles. The average Bonchev–Trinajstić information content (AvgIpc) is 2.61. The molecule has 0 spiro atoms. The van der Waals surface area contributed by atoms with Crippen LogP contribution in [0.5, 0.6) is 5.75 Å². The van der Waals surface area contributed by atoms with Crippen molar-refractivity contribution in [3.05, 3.63) is 42.0 Å². The van der Waals surface area contributed by atoms with E-state index in [0.717, 1.165) is 16.3 Å². The van der Waals surface area contributed by atoms with Gasteiger partial charge in [0, 0.05) is 24.8 Å². The fourth-order valence-electron chi connectivity index (χ4n) is 3.37. The molecule has 5 heteroatoms. The van der Waals surface area contributed by atoms with Crippen molar-refractivity contribution in [1.82, 2.24) is 4.90 Å². The number of fused-ring (bicyclic) bond motifs is 1. The fourth-order valence-corrected chi connectivity index (χ4v) is 3.37. The molecule has 1 fully saturated rings. The number of benzene rings is 2. The molecule has 132 valence electrons. The maximum atomic E-state index is 12.6. The van der Waals surface area contributed by atoms with Gasteiger partial charge in [0.1, 0.15) is 11.5 Å². The van der Waals surface area contributed by atoms with Crippen molar-refractivity contribution < 1.29 is 19.4 Å². The van der Waals surface area contributed by atoms with E-state index in [1.807, 2.05) is 36.4 Å². The number of hydrogen-bond acceptors (Lipinski definition) is 4. The summed E-state index contributed by atoms with van der Waals surface area (Å²) >= 11 is 0. The second-order valence-electron chi connectivity index (χ2n) is 6.52. The minimum absolute atomic E-state index is 0.00195. The molecule has 2 aromatic carbocycles. The number of phenolic OH excluding ortho intramolecular Hbond substituents is 1. The minimum Gasteiger partial charge on any atom is -0.507 e. The average molecular weight is 341 g/mol. The maximum absolute atomic E-state index is 12.6. The number of nitrogens with zero attached hydrogens (tertiary/aromatic N) is 1. The third kappa shape index (κ3) is 3.99. The number of phenols is 1. The van der Waals surface area contributed by atoms with Crippen molar-refractivity contribution in [3.63, 3.8) is 0 Å². The van der Waals surface area contributed by atoms with Crippen LogP contribution in [-0.2, 0) is 20.7 Å². The molecule has 1 amide bonds. The highest BCUT2D eigenvalue weighted by Gasteiger charge is 2.28. The molecule has 1 heterocycles. The first-order valence-electron chi connectivity index (χ1n) is 8.62. The highest BCUT2D eigenvalue weighted by Crippen LogP contribution is 2.29. The summed E-state index contributed by atoms with van der Waals surface area (Å²) in [6.07, 6.45) is 1.10. The molecule has 1 atom stereocenters. The molecule has 2 aromatic rings. The van der Waals surface area contributed by atoms with Gasteiger partial charge in [-0.15, -0.1) is 0 Å². The van der Waals surface area contributed by atoms with Crippen molar-refractivity contribution >= 4 is 22.5 Å². The fraction of sp³-hybridized carbons (Fsp3) is 0.400. The minimum atomic E-state index is -0.177. The Morgan fingerprint density at radius 2 is 2.04 bits per heavy atom. The number of aromatic hydroxyl groups is 1. The van der Waals surface area contributed by atoms with Gasteiger partial charge in [-0.2, -0.15) is 0 Å². The number of rotatable bonds is 5. The summed E-state index contributed by atoms with van der Waals surface area (Å²) in [7, 11) is 0. The number of ether oxygens (including phenoxy) is 1. The molecular weight excluding hydrogens is 318 g/mol. The van der Waals surface area contributed by atoms with Crippen molar-refractivity contribution in [2.24, 2.45) is 0 Å². The zero-order valence-electron chi connectivity index (χ0n) is 14.4. The van der Waals surface area contributed by atoms with Crippen LogP contribution in [0.3, 0.4) is 0 Å². The number of aryl methyl sites for hydroxylation is 1. The monoisotopic (exact) mass is 341 g/mol. The molecule has 0 aliphatic carbocycles. The van der Waals surface area contributed by atoms with Gasteiger partial charge in [0.15, 0.2) is 0 Å². The molecule has 0 aromatic heterocycles. The summed E-state index contributed by atoms with van der Waals surface area (Å²) in [4.78, 5) is 25.8. The Hall–Kier alpha value is -2.40. The molecule has 1 aliphatic rings. The van der Waals surface area contributed by atoms with Crippen LogP contribution < -0.4 is 0 Å². The van der Waals surface area contributed by atoms with Crippen LogP contribution in [0.25, 0.3) is 10.8 Å². The predicted molar refractivity (Wildman–Crippen MR) is 95.6 cm³/mol. The number of hydrogen-bond donors (Lipinski definition) is 1. The smallest absolute Gasteiger partial charge is 0.223 e. The highest BCUT2D eigenvalue weighted by atomic mass is 16.5. The van der Waals surface area contributed by atoms with E-state index >= 15 is 0 Å². The molecule has 25 heavy (non-hydrogen) atoms. The summed E-state index contributed by atoms with van der Waals surface area (Å²) in [5.41, 5.74) is 0.767. The van der Waals surface area contributed by atoms with Gasteiger partial charge in [-0.05, 0) is 24.3 Å². The molecule has 1 aliphatic heterocycles. The summed E-state index contributed by atoms with van der Waals surface area (Å²) in [5.74, 6) is 0.302. The SMILES string of the molecule is CC(=O)CC1COCCN1C(=O)CCc1ccc2ccccc2c1O. The second kappa shape index (κ2) is 7.66. The molecule has 1 N–H and O–H groups in total. The number of carbonyl (C=O) groups excluding carboxylic acids is 2. The molecule has 0 bridgehead atoms. The Kier molecular flexibility index (Phi) is 5.34. The van der Waals surface area contributed by atoms with Gasteiger partial charge in [0.2, 0.25) is 5.91 Å². The topological polar surface area (TPSA) is 66.8 Å². The van der Waals surface area contributed by atoms with Crippen LogP contribution in [0.2, 0.25) is 0 Å². The van der Waals surface area contributed by atoms with E-state index in [4.69, 9.17) is 4.74 Å². The Labute approximate surface area is 147 Å². The van der Waals surface area contributed by atoms with Crippen LogP contribution in [0, 0.1) is 0 Å². The summed E-state index contributed by atoms with van der Waals surface area (Å²) in [5, 5.41) is 12.2. The van der Waals surface area contributed by atoms with Crippen LogP contribution >= 0.6 is 0 Å². The number of amides is 1. The molecule has 0 radical (unpaired) electrons. The molecule has 3 rings (SSSR count). The summed E-state index contributed by atoms with van der Waals surface area (Å²) in [6, 6.07) is 11.3. The first kappa shape index (κ1) is 17.4. The lowest BCUT2D eigenvalue weighted by atomic mass is 10.0. The number of morpholine rings is 1. The molecule has 1 saturated heterocycles. The van der Waals surface area contributed by atoms with Gasteiger partial charge in [-0.25, -0.2) is 0 Å². The predicted octanol–water partition coefficient (Wildman–Crippen LogP) is 2.68. The Balaban J connectivity index is 1.69. The van der Waals surface area contributed by atoms with E-state index in [9.17, 15) is 14.7 Å². The van der Waals surface area contributed by atoms with Crippen LogP contribution in [0.4, 0.5) is 0 Å². The van der Waals surface area contributed by atoms with E-state index < -0.39 is 0 Å². The van der Waals surface area contributed by atoms with Gasteiger partial charge in [-0.1, -0.05) is 36.4 Å². The van der Waals surface area contributed by atoms with Crippen molar-refractivity contribution in [3.8, 4) is 5.75 Å². The number of carbonyl (C=O) groups is 2. The van der Waals surface area contributed by atoms with E-state index in [-0.39, 0.29) is 23.5 Å². The van der Waals surface area contributed by atoms with Crippen LogP contribution in [-0.4, -0.2) is 47.5 Å². The lowest BCUT2D eigenvalue weighted by Gasteiger charge is -2.35. The Morgan fingerprint density at radius 3 is 2.84 bits per heavy atom. The third-order valence-electron chi connectivity index (χ3n) is 4.66. The van der Waals surface area contributed by atoms with Gasteiger partial charge in [-0.3, -0.25) is 9.59 Å². The quantitative estimate of drug-likeness (QED) is 0.908. The molecular formula is C20H23NO4. The Bertz CT molecular complexity index is 786. The molecule has 5 nitrogen and oxygen atoms in total. The molecule has 1 unspecified atom stereocenters. The largest absolute Gasteiger partial charge is 0.507 e.